The predicted octanol–water partition coefficient (Wildman–Crippen LogP) is 2.61. The maximum atomic E-state index is 12.5. The number of nitrogens with one attached hydrogen (secondary N) is 1. The Balaban J connectivity index is 1.98. The fourth-order valence-corrected chi connectivity index (χ4v) is 4.61. The smallest absolute Gasteiger partial charge is 0.225 e. The van der Waals surface area contributed by atoms with Gasteiger partial charge in [-0.15, -0.1) is 0 Å². The van der Waals surface area contributed by atoms with Crippen LogP contribution in [0, 0.1) is 0 Å². The van der Waals surface area contributed by atoms with Crippen molar-refractivity contribution >= 4 is 21.6 Å². The fraction of sp³-hybridized carbons (Fsp3) is 0.562. The lowest BCUT2D eigenvalue weighted by atomic mass is 10.2. The molecule has 0 heterocycles. The molecule has 5 nitrogen and oxygen atoms in total. The molecule has 122 valence electrons. The summed E-state index contributed by atoms with van der Waals surface area (Å²) in [6.07, 6.45) is 2.40. The van der Waals surface area contributed by atoms with E-state index >= 15 is 0 Å². The number of benzene rings is 1. The minimum atomic E-state index is -3.25. The molecular weight excluding hydrogens is 300 g/mol. The Bertz CT molecular complexity index is 597. The highest BCUT2D eigenvalue weighted by Gasteiger charge is 2.41. The van der Waals surface area contributed by atoms with E-state index in [2.05, 4.69) is 5.32 Å². The highest BCUT2D eigenvalue weighted by atomic mass is 32.2. The van der Waals surface area contributed by atoms with Crippen LogP contribution in [-0.4, -0.2) is 36.5 Å². The van der Waals surface area contributed by atoms with Gasteiger partial charge in [-0.1, -0.05) is 25.1 Å². The van der Waals surface area contributed by atoms with Crippen molar-refractivity contribution in [1.82, 2.24) is 4.31 Å². The maximum absolute atomic E-state index is 12.5. The van der Waals surface area contributed by atoms with Gasteiger partial charge >= 0.3 is 0 Å². The molecule has 6 heteroatoms. The standard InChI is InChI=1S/C16H24N2O3S/c1-3-11-18(22(20,21)15-9-10-15)13(2)12-16(19)17-14-7-5-4-6-8-14/h4-8,13,15H,3,9-12H2,1-2H3,(H,17,19). The molecule has 1 aliphatic carbocycles. The van der Waals surface area contributed by atoms with E-state index in [0.717, 1.165) is 24.9 Å². The van der Waals surface area contributed by atoms with Gasteiger partial charge in [0.05, 0.1) is 5.25 Å². The van der Waals surface area contributed by atoms with Crippen molar-refractivity contribution in [3.63, 3.8) is 0 Å². The zero-order valence-electron chi connectivity index (χ0n) is 13.2. The molecule has 1 amide bonds. The second kappa shape index (κ2) is 7.24. The molecule has 1 aromatic rings. The molecule has 0 aromatic heterocycles. The largest absolute Gasteiger partial charge is 0.326 e. The molecule has 0 spiro atoms. The molecule has 1 atom stereocenters. The lowest BCUT2D eigenvalue weighted by molar-refractivity contribution is -0.116. The van der Waals surface area contributed by atoms with Crippen LogP contribution in [0.1, 0.15) is 39.5 Å². The molecule has 1 N–H and O–H groups in total. The third kappa shape index (κ3) is 4.30. The third-order valence-corrected chi connectivity index (χ3v) is 6.26. The van der Waals surface area contributed by atoms with Crippen LogP contribution in [0.15, 0.2) is 30.3 Å². The van der Waals surface area contributed by atoms with Crippen molar-refractivity contribution in [2.75, 3.05) is 11.9 Å². The number of hydrogen-bond donors (Lipinski definition) is 1. The quantitative estimate of drug-likeness (QED) is 0.799. The Labute approximate surface area is 132 Å². The van der Waals surface area contributed by atoms with Gasteiger partial charge in [0.25, 0.3) is 0 Å². The Morgan fingerprint density at radius 2 is 1.95 bits per heavy atom. The van der Waals surface area contributed by atoms with Gasteiger partial charge in [0.2, 0.25) is 15.9 Å². The van der Waals surface area contributed by atoms with Crippen LogP contribution in [0.4, 0.5) is 5.69 Å². The van der Waals surface area contributed by atoms with Crippen molar-refractivity contribution in [3.8, 4) is 0 Å². The molecule has 0 saturated heterocycles. The second-order valence-corrected chi connectivity index (χ2v) is 7.99. The van der Waals surface area contributed by atoms with Gasteiger partial charge < -0.3 is 5.32 Å². The Kier molecular flexibility index (Phi) is 5.58. The van der Waals surface area contributed by atoms with E-state index in [9.17, 15) is 13.2 Å². The van der Waals surface area contributed by atoms with Gasteiger partial charge in [-0.25, -0.2) is 8.42 Å². The summed E-state index contributed by atoms with van der Waals surface area (Å²) in [6, 6.07) is 8.87. The number of para-hydroxylation sites is 1. The average molecular weight is 324 g/mol. The van der Waals surface area contributed by atoms with E-state index in [1.807, 2.05) is 37.3 Å². The van der Waals surface area contributed by atoms with Gasteiger partial charge in [-0.3, -0.25) is 4.79 Å². The van der Waals surface area contributed by atoms with E-state index < -0.39 is 10.0 Å². The van der Waals surface area contributed by atoms with Crippen LogP contribution in [0.3, 0.4) is 0 Å². The maximum Gasteiger partial charge on any atom is 0.225 e. The summed E-state index contributed by atoms with van der Waals surface area (Å²) in [6.45, 7) is 4.23. The van der Waals surface area contributed by atoms with Gasteiger partial charge in [-0.2, -0.15) is 4.31 Å². The first kappa shape index (κ1) is 17.0. The van der Waals surface area contributed by atoms with Gasteiger partial charge in [0, 0.05) is 24.7 Å². The number of carbonyl (C=O) groups excluding carboxylic acids is 1. The molecule has 1 fully saturated rings. The monoisotopic (exact) mass is 324 g/mol. The van der Waals surface area contributed by atoms with E-state index in [0.29, 0.717) is 6.54 Å². The van der Waals surface area contributed by atoms with Crippen molar-refractivity contribution in [3.05, 3.63) is 30.3 Å². The van der Waals surface area contributed by atoms with Crippen LogP contribution < -0.4 is 5.32 Å². The zero-order valence-corrected chi connectivity index (χ0v) is 14.0. The number of anilines is 1. The van der Waals surface area contributed by atoms with E-state index in [1.54, 1.807) is 6.92 Å². The number of hydrogen-bond acceptors (Lipinski definition) is 3. The third-order valence-electron chi connectivity index (χ3n) is 3.75. The van der Waals surface area contributed by atoms with Crippen LogP contribution in [-0.2, 0) is 14.8 Å². The van der Waals surface area contributed by atoms with Crippen LogP contribution in [0.5, 0.6) is 0 Å². The van der Waals surface area contributed by atoms with Gasteiger partial charge in [0.1, 0.15) is 0 Å². The predicted molar refractivity (Wildman–Crippen MR) is 88.1 cm³/mol. The first-order valence-electron chi connectivity index (χ1n) is 7.80. The number of sulfonamides is 1. The number of nitrogens with zero attached hydrogens (tertiary/aromatic N) is 1. The van der Waals surface area contributed by atoms with Gasteiger partial charge in [0.15, 0.2) is 0 Å². The zero-order chi connectivity index (χ0) is 16.2. The summed E-state index contributed by atoms with van der Waals surface area (Å²) in [7, 11) is -3.25. The Hall–Kier alpha value is -1.40. The van der Waals surface area contributed by atoms with E-state index in [-0.39, 0.29) is 23.6 Å². The summed E-state index contributed by atoms with van der Waals surface area (Å²) in [5.41, 5.74) is 0.729. The van der Waals surface area contributed by atoms with Crippen molar-refractivity contribution in [2.45, 2.75) is 50.8 Å². The SMILES string of the molecule is CCCN(C(C)CC(=O)Nc1ccccc1)S(=O)(=O)C1CC1. The van der Waals surface area contributed by atoms with Crippen LogP contribution in [0.25, 0.3) is 0 Å². The topological polar surface area (TPSA) is 66.5 Å². The van der Waals surface area contributed by atoms with E-state index in [1.165, 1.54) is 4.31 Å². The van der Waals surface area contributed by atoms with Gasteiger partial charge in [-0.05, 0) is 38.3 Å². The first-order valence-corrected chi connectivity index (χ1v) is 9.31. The first-order chi connectivity index (χ1) is 10.4. The molecule has 2 rings (SSSR count). The Morgan fingerprint density at radius 1 is 1.32 bits per heavy atom. The molecule has 22 heavy (non-hydrogen) atoms. The lowest BCUT2D eigenvalue weighted by Crippen LogP contribution is -2.42. The number of amides is 1. The summed E-state index contributed by atoms with van der Waals surface area (Å²) < 4.78 is 26.4. The minimum Gasteiger partial charge on any atom is -0.326 e. The molecule has 1 aromatic carbocycles. The molecule has 1 unspecified atom stereocenters. The summed E-state index contributed by atoms with van der Waals surface area (Å²) in [5, 5.41) is 2.57. The van der Waals surface area contributed by atoms with Crippen molar-refractivity contribution < 1.29 is 13.2 Å². The molecular formula is C16H24N2O3S. The summed E-state index contributed by atoms with van der Waals surface area (Å²) in [5.74, 6) is -0.161. The van der Waals surface area contributed by atoms with E-state index in [4.69, 9.17) is 0 Å². The number of carbonyl (C=O) groups is 1. The molecule has 1 saturated carbocycles. The fourth-order valence-electron chi connectivity index (χ4n) is 2.48. The molecule has 0 radical (unpaired) electrons. The molecule has 0 bridgehead atoms. The number of rotatable bonds is 8. The normalized spacial score (nSPS) is 16.5. The Morgan fingerprint density at radius 3 is 2.50 bits per heavy atom. The molecule has 1 aliphatic rings. The minimum absolute atomic E-state index is 0.161. The lowest BCUT2D eigenvalue weighted by Gasteiger charge is -2.27. The highest BCUT2D eigenvalue weighted by molar-refractivity contribution is 7.90. The highest BCUT2D eigenvalue weighted by Crippen LogP contribution is 2.32. The van der Waals surface area contributed by atoms with Crippen molar-refractivity contribution in [2.24, 2.45) is 0 Å². The molecule has 0 aliphatic heterocycles. The summed E-state index contributed by atoms with van der Waals surface area (Å²) in [4.78, 5) is 12.1. The van der Waals surface area contributed by atoms with Crippen LogP contribution >= 0.6 is 0 Å². The summed E-state index contributed by atoms with van der Waals surface area (Å²) >= 11 is 0. The van der Waals surface area contributed by atoms with Crippen molar-refractivity contribution in [1.29, 1.82) is 0 Å². The van der Waals surface area contributed by atoms with Crippen LogP contribution in [0.2, 0.25) is 0 Å². The average Bonchev–Trinajstić information content (AvgIpc) is 3.30. The second-order valence-electron chi connectivity index (χ2n) is 5.82.